The fourth-order valence-corrected chi connectivity index (χ4v) is 2.83. The SMILES string of the molecule is CC(C)(C)SC1CC=CCC1. The van der Waals surface area contributed by atoms with Crippen molar-refractivity contribution in [2.45, 2.75) is 50.0 Å². The first-order valence-corrected chi connectivity index (χ1v) is 5.29. The van der Waals surface area contributed by atoms with Crippen molar-refractivity contribution in [2.75, 3.05) is 0 Å². The third-order valence-electron chi connectivity index (χ3n) is 1.74. The van der Waals surface area contributed by atoms with Crippen LogP contribution in [0.5, 0.6) is 0 Å². The van der Waals surface area contributed by atoms with E-state index in [1.165, 1.54) is 19.3 Å². The highest BCUT2D eigenvalue weighted by Crippen LogP contribution is 2.34. The maximum Gasteiger partial charge on any atom is 0.00897 e. The second kappa shape index (κ2) is 3.66. The largest absolute Gasteiger partial charge is 0.152 e. The minimum absolute atomic E-state index is 0.440. The summed E-state index contributed by atoms with van der Waals surface area (Å²) in [6.45, 7) is 6.90. The van der Waals surface area contributed by atoms with Gasteiger partial charge in [0.05, 0.1) is 0 Å². The first kappa shape index (κ1) is 9.18. The summed E-state index contributed by atoms with van der Waals surface area (Å²) in [5.41, 5.74) is 0. The van der Waals surface area contributed by atoms with Crippen molar-refractivity contribution >= 4 is 11.8 Å². The molecule has 1 aliphatic carbocycles. The number of rotatable bonds is 1. The normalized spacial score (nSPS) is 25.5. The monoisotopic (exact) mass is 170 g/mol. The van der Waals surface area contributed by atoms with Gasteiger partial charge in [-0.2, -0.15) is 11.8 Å². The van der Waals surface area contributed by atoms with Gasteiger partial charge in [-0.3, -0.25) is 0 Å². The Labute approximate surface area is 74.5 Å². The molecule has 1 rings (SSSR count). The Morgan fingerprint density at radius 3 is 2.45 bits per heavy atom. The molecule has 0 saturated carbocycles. The van der Waals surface area contributed by atoms with Crippen LogP contribution in [0.25, 0.3) is 0 Å². The van der Waals surface area contributed by atoms with Crippen molar-refractivity contribution < 1.29 is 0 Å². The molecule has 1 aliphatic rings. The Morgan fingerprint density at radius 2 is 2.00 bits per heavy atom. The molecule has 0 aromatic heterocycles. The molecular weight excluding hydrogens is 152 g/mol. The van der Waals surface area contributed by atoms with Crippen LogP contribution in [0.15, 0.2) is 12.2 Å². The topological polar surface area (TPSA) is 0 Å². The van der Waals surface area contributed by atoms with Crippen molar-refractivity contribution in [3.8, 4) is 0 Å². The summed E-state index contributed by atoms with van der Waals surface area (Å²) < 4.78 is 0.440. The van der Waals surface area contributed by atoms with E-state index in [2.05, 4.69) is 44.7 Å². The van der Waals surface area contributed by atoms with Crippen molar-refractivity contribution in [3.63, 3.8) is 0 Å². The Kier molecular flexibility index (Phi) is 3.06. The van der Waals surface area contributed by atoms with Crippen molar-refractivity contribution in [2.24, 2.45) is 0 Å². The summed E-state index contributed by atoms with van der Waals surface area (Å²) in [6, 6.07) is 0. The zero-order valence-corrected chi connectivity index (χ0v) is 8.58. The van der Waals surface area contributed by atoms with E-state index in [1.54, 1.807) is 0 Å². The third-order valence-corrected chi connectivity index (χ3v) is 3.21. The number of thioether (sulfide) groups is 1. The van der Waals surface area contributed by atoms with Gasteiger partial charge in [-0.05, 0) is 19.3 Å². The lowest BCUT2D eigenvalue weighted by molar-refractivity contribution is 0.721. The molecule has 1 heteroatoms. The average molecular weight is 170 g/mol. The van der Waals surface area contributed by atoms with Gasteiger partial charge in [0.25, 0.3) is 0 Å². The molecular formula is C10H18S. The summed E-state index contributed by atoms with van der Waals surface area (Å²) in [5, 5.41) is 0.875. The van der Waals surface area contributed by atoms with Gasteiger partial charge in [0.15, 0.2) is 0 Å². The van der Waals surface area contributed by atoms with E-state index in [0.717, 1.165) is 5.25 Å². The summed E-state index contributed by atoms with van der Waals surface area (Å²) in [7, 11) is 0. The van der Waals surface area contributed by atoms with Crippen LogP contribution >= 0.6 is 11.8 Å². The molecule has 1 unspecified atom stereocenters. The Hall–Kier alpha value is 0.0900. The summed E-state index contributed by atoms with van der Waals surface area (Å²) >= 11 is 2.13. The van der Waals surface area contributed by atoms with Gasteiger partial charge < -0.3 is 0 Å². The smallest absolute Gasteiger partial charge is 0.00897 e. The quantitative estimate of drug-likeness (QED) is 0.542. The minimum atomic E-state index is 0.440. The zero-order chi connectivity index (χ0) is 8.32. The van der Waals surface area contributed by atoms with Crippen LogP contribution in [-0.4, -0.2) is 10.00 Å². The highest BCUT2D eigenvalue weighted by molar-refractivity contribution is 8.01. The number of hydrogen-bond donors (Lipinski definition) is 0. The predicted octanol–water partition coefficient (Wildman–Crippen LogP) is 3.63. The molecule has 64 valence electrons. The van der Waals surface area contributed by atoms with Gasteiger partial charge in [0.1, 0.15) is 0 Å². The van der Waals surface area contributed by atoms with Crippen LogP contribution in [0.2, 0.25) is 0 Å². The standard InChI is InChI=1S/C10H18S/c1-10(2,3)11-9-7-5-4-6-8-9/h4-5,9H,6-8H2,1-3H3. The lowest BCUT2D eigenvalue weighted by Crippen LogP contribution is -2.16. The molecule has 0 nitrogen and oxygen atoms in total. The van der Waals surface area contributed by atoms with Crippen LogP contribution in [0.4, 0.5) is 0 Å². The van der Waals surface area contributed by atoms with Gasteiger partial charge in [-0.1, -0.05) is 32.9 Å². The van der Waals surface area contributed by atoms with Gasteiger partial charge in [0.2, 0.25) is 0 Å². The molecule has 0 aliphatic heterocycles. The van der Waals surface area contributed by atoms with E-state index in [9.17, 15) is 0 Å². The summed E-state index contributed by atoms with van der Waals surface area (Å²) in [5.74, 6) is 0. The fraction of sp³-hybridized carbons (Fsp3) is 0.800. The first-order valence-electron chi connectivity index (χ1n) is 4.41. The van der Waals surface area contributed by atoms with Crippen LogP contribution in [-0.2, 0) is 0 Å². The molecule has 11 heavy (non-hydrogen) atoms. The second-order valence-electron chi connectivity index (χ2n) is 4.14. The second-order valence-corrected chi connectivity index (χ2v) is 6.26. The van der Waals surface area contributed by atoms with Crippen LogP contribution in [0.3, 0.4) is 0 Å². The molecule has 0 spiro atoms. The molecule has 0 aromatic rings. The minimum Gasteiger partial charge on any atom is -0.152 e. The summed E-state index contributed by atoms with van der Waals surface area (Å²) in [6.07, 6.45) is 8.57. The fourth-order valence-electron chi connectivity index (χ4n) is 1.37. The third kappa shape index (κ3) is 3.85. The highest BCUT2D eigenvalue weighted by Gasteiger charge is 2.18. The molecule has 0 N–H and O–H groups in total. The number of allylic oxidation sites excluding steroid dienone is 2. The maximum absolute atomic E-state index is 2.33. The molecule has 0 amide bonds. The van der Waals surface area contributed by atoms with Gasteiger partial charge in [-0.15, -0.1) is 0 Å². The van der Waals surface area contributed by atoms with Gasteiger partial charge >= 0.3 is 0 Å². The predicted molar refractivity (Wildman–Crippen MR) is 54.1 cm³/mol. The Bertz CT molecular complexity index is 141. The zero-order valence-electron chi connectivity index (χ0n) is 7.76. The lowest BCUT2D eigenvalue weighted by atomic mass is 10.1. The lowest BCUT2D eigenvalue weighted by Gasteiger charge is -2.26. The van der Waals surface area contributed by atoms with Gasteiger partial charge in [-0.25, -0.2) is 0 Å². The van der Waals surface area contributed by atoms with Crippen molar-refractivity contribution in [1.82, 2.24) is 0 Å². The molecule has 0 radical (unpaired) electrons. The first-order chi connectivity index (χ1) is 5.08. The van der Waals surface area contributed by atoms with Crippen LogP contribution < -0.4 is 0 Å². The van der Waals surface area contributed by atoms with E-state index in [4.69, 9.17) is 0 Å². The van der Waals surface area contributed by atoms with Crippen molar-refractivity contribution in [3.05, 3.63) is 12.2 Å². The maximum atomic E-state index is 2.33. The van der Waals surface area contributed by atoms with E-state index in [0.29, 0.717) is 4.75 Å². The van der Waals surface area contributed by atoms with Crippen LogP contribution in [0, 0.1) is 0 Å². The van der Waals surface area contributed by atoms with E-state index in [-0.39, 0.29) is 0 Å². The molecule has 0 aromatic carbocycles. The van der Waals surface area contributed by atoms with Gasteiger partial charge in [0, 0.05) is 10.00 Å². The molecule has 0 heterocycles. The average Bonchev–Trinajstić information content (AvgIpc) is 1.85. The van der Waals surface area contributed by atoms with E-state index >= 15 is 0 Å². The molecule has 1 atom stereocenters. The molecule has 0 fully saturated rings. The van der Waals surface area contributed by atoms with E-state index in [1.807, 2.05) is 0 Å². The van der Waals surface area contributed by atoms with E-state index < -0.39 is 0 Å². The van der Waals surface area contributed by atoms with Crippen molar-refractivity contribution in [1.29, 1.82) is 0 Å². The molecule has 0 saturated heterocycles. The molecule has 0 bridgehead atoms. The number of hydrogen-bond acceptors (Lipinski definition) is 1. The highest BCUT2D eigenvalue weighted by atomic mass is 32.2. The Balaban J connectivity index is 2.32. The van der Waals surface area contributed by atoms with Crippen LogP contribution in [0.1, 0.15) is 40.0 Å². The summed E-state index contributed by atoms with van der Waals surface area (Å²) in [4.78, 5) is 0. The Morgan fingerprint density at radius 1 is 1.27 bits per heavy atom.